The lowest BCUT2D eigenvalue weighted by molar-refractivity contribution is 0.673. The van der Waals surface area contributed by atoms with Crippen molar-refractivity contribution in [3.05, 3.63) is 146 Å². The zero-order valence-corrected chi connectivity index (χ0v) is 25.4. The van der Waals surface area contributed by atoms with Crippen LogP contribution in [0, 0.1) is 0 Å². The maximum atomic E-state index is 6.55. The minimum atomic E-state index is 0.920. The molecule has 0 aliphatic heterocycles. The number of rotatable bonds is 2. The number of nitrogens with zero attached hydrogens (tertiary/aromatic N) is 2. The normalized spacial score (nSPS) is 12.3. The van der Waals surface area contributed by atoms with Crippen LogP contribution in [-0.4, -0.2) is 9.13 Å². The van der Waals surface area contributed by atoms with Crippen LogP contribution in [0.25, 0.3) is 97.1 Å². The smallest absolute Gasteiger partial charge is 0.145 e. The fourth-order valence-corrected chi connectivity index (χ4v) is 8.85. The molecule has 4 heterocycles. The molecule has 11 rings (SSSR count). The molecule has 0 spiro atoms. The third-order valence-electron chi connectivity index (χ3n) is 9.70. The number of hydrogen-bond acceptors (Lipinski definition) is 2. The Balaban J connectivity index is 1.26. The lowest BCUT2D eigenvalue weighted by Gasteiger charge is -2.11. The summed E-state index contributed by atoms with van der Waals surface area (Å²) < 4.78 is 14.0. The third kappa shape index (κ3) is 3.16. The van der Waals surface area contributed by atoms with Gasteiger partial charge in [0, 0.05) is 58.5 Å². The zero-order chi connectivity index (χ0) is 29.9. The van der Waals surface area contributed by atoms with Gasteiger partial charge in [0.25, 0.3) is 0 Å². The van der Waals surface area contributed by atoms with E-state index in [0.29, 0.717) is 0 Å². The highest BCUT2D eigenvalue weighted by molar-refractivity contribution is 7.25. The standard InChI is InChI=1S/C42H24N2OS/c1-2-10-25(11-3-1)43-36-22-26(18-19-27(36)32-23-33-29-13-6-9-17-39(29)46-40(33)24-37(32)43)44-34-15-7-4-14-31(34)41-35(44)21-20-30-28-12-5-8-16-38(28)45-42(30)41/h1-24H. The quantitative estimate of drug-likeness (QED) is 0.192. The van der Waals surface area contributed by atoms with Gasteiger partial charge in [0.1, 0.15) is 11.2 Å². The lowest BCUT2D eigenvalue weighted by atomic mass is 10.1. The summed E-state index contributed by atoms with van der Waals surface area (Å²) in [5, 5.41) is 9.81. The van der Waals surface area contributed by atoms with Crippen LogP contribution in [0.3, 0.4) is 0 Å². The molecule has 4 heteroatoms. The number of benzene rings is 7. The predicted molar refractivity (Wildman–Crippen MR) is 195 cm³/mol. The van der Waals surface area contributed by atoms with Crippen molar-refractivity contribution in [3.8, 4) is 11.4 Å². The van der Waals surface area contributed by atoms with Gasteiger partial charge in [-0.2, -0.15) is 0 Å². The molecule has 0 amide bonds. The largest absolute Gasteiger partial charge is 0.455 e. The SMILES string of the molecule is c1ccc(-n2c3cc(-n4c5ccccc5c5c6oc7ccccc7c6ccc54)ccc3c3cc4c(cc32)sc2ccccc24)cc1. The van der Waals surface area contributed by atoms with Crippen LogP contribution in [0.5, 0.6) is 0 Å². The number of para-hydroxylation sites is 3. The minimum Gasteiger partial charge on any atom is -0.455 e. The predicted octanol–water partition coefficient (Wildman–Crippen LogP) is 12.1. The van der Waals surface area contributed by atoms with Gasteiger partial charge in [-0.15, -0.1) is 11.3 Å². The van der Waals surface area contributed by atoms with Crippen molar-refractivity contribution in [1.29, 1.82) is 0 Å². The Hall–Kier alpha value is -5.84. The minimum absolute atomic E-state index is 0.920. The number of fused-ring (bicyclic) bond motifs is 13. The van der Waals surface area contributed by atoms with Crippen molar-refractivity contribution in [2.24, 2.45) is 0 Å². The van der Waals surface area contributed by atoms with Crippen molar-refractivity contribution in [3.63, 3.8) is 0 Å². The van der Waals surface area contributed by atoms with Crippen LogP contribution in [0.2, 0.25) is 0 Å². The topological polar surface area (TPSA) is 23.0 Å². The first-order valence-electron chi connectivity index (χ1n) is 15.6. The van der Waals surface area contributed by atoms with E-state index in [1.807, 2.05) is 17.4 Å². The van der Waals surface area contributed by atoms with Gasteiger partial charge in [-0.05, 0) is 66.7 Å². The molecule has 7 aromatic carbocycles. The Morgan fingerprint density at radius 2 is 1.11 bits per heavy atom. The Labute approximate surface area is 266 Å². The molecular weight excluding hydrogens is 581 g/mol. The monoisotopic (exact) mass is 604 g/mol. The molecule has 0 bridgehead atoms. The fraction of sp³-hybridized carbons (Fsp3) is 0. The highest BCUT2D eigenvalue weighted by Gasteiger charge is 2.20. The van der Waals surface area contributed by atoms with Crippen molar-refractivity contribution < 1.29 is 4.42 Å². The molecule has 0 saturated carbocycles. The number of aromatic nitrogens is 2. The van der Waals surface area contributed by atoms with Crippen molar-refractivity contribution in [2.45, 2.75) is 0 Å². The van der Waals surface area contributed by atoms with Crippen LogP contribution in [0.1, 0.15) is 0 Å². The molecule has 0 aliphatic rings. The molecule has 0 aliphatic carbocycles. The molecule has 46 heavy (non-hydrogen) atoms. The van der Waals surface area contributed by atoms with Gasteiger partial charge >= 0.3 is 0 Å². The van der Waals surface area contributed by atoms with E-state index in [1.165, 1.54) is 52.9 Å². The molecule has 11 aromatic rings. The summed E-state index contributed by atoms with van der Waals surface area (Å²) in [6.45, 7) is 0. The van der Waals surface area contributed by atoms with E-state index in [1.54, 1.807) is 0 Å². The van der Waals surface area contributed by atoms with E-state index < -0.39 is 0 Å². The Morgan fingerprint density at radius 3 is 2.02 bits per heavy atom. The fourth-order valence-electron chi connectivity index (χ4n) is 7.73. The van der Waals surface area contributed by atoms with E-state index in [9.17, 15) is 0 Å². The molecule has 0 fully saturated rings. The summed E-state index contributed by atoms with van der Waals surface area (Å²) in [4.78, 5) is 0. The zero-order valence-electron chi connectivity index (χ0n) is 24.6. The average Bonchev–Trinajstić information content (AvgIpc) is 3.84. The molecule has 4 aromatic heterocycles. The Bertz CT molecular complexity index is 3030. The number of furan rings is 1. The van der Waals surface area contributed by atoms with Gasteiger partial charge in [-0.1, -0.05) is 78.9 Å². The van der Waals surface area contributed by atoms with Crippen LogP contribution in [-0.2, 0) is 0 Å². The Kier molecular flexibility index (Phi) is 4.72. The third-order valence-corrected chi connectivity index (χ3v) is 10.8. The van der Waals surface area contributed by atoms with Gasteiger partial charge in [-0.25, -0.2) is 0 Å². The summed E-state index contributed by atoms with van der Waals surface area (Å²) in [5.74, 6) is 0. The summed E-state index contributed by atoms with van der Waals surface area (Å²) in [6, 6.07) is 52.8. The van der Waals surface area contributed by atoms with Gasteiger partial charge in [0.05, 0.1) is 27.5 Å². The van der Waals surface area contributed by atoms with E-state index in [-0.39, 0.29) is 0 Å². The highest BCUT2D eigenvalue weighted by atomic mass is 32.1. The van der Waals surface area contributed by atoms with Gasteiger partial charge in [0.2, 0.25) is 0 Å². The molecule has 3 nitrogen and oxygen atoms in total. The summed E-state index contributed by atoms with van der Waals surface area (Å²) in [5.41, 5.74) is 8.87. The second-order valence-electron chi connectivity index (χ2n) is 12.1. The van der Waals surface area contributed by atoms with Gasteiger partial charge in [0.15, 0.2) is 0 Å². The van der Waals surface area contributed by atoms with Crippen molar-refractivity contribution in [2.75, 3.05) is 0 Å². The number of hydrogen-bond donors (Lipinski definition) is 0. The van der Waals surface area contributed by atoms with Crippen LogP contribution in [0.4, 0.5) is 0 Å². The summed E-state index contributed by atoms with van der Waals surface area (Å²) in [6.07, 6.45) is 0. The van der Waals surface area contributed by atoms with Crippen LogP contribution in [0.15, 0.2) is 150 Å². The molecule has 214 valence electrons. The van der Waals surface area contributed by atoms with E-state index >= 15 is 0 Å². The maximum absolute atomic E-state index is 6.55. The Morgan fingerprint density at radius 1 is 0.391 bits per heavy atom. The van der Waals surface area contributed by atoms with Crippen LogP contribution >= 0.6 is 11.3 Å². The second kappa shape index (κ2) is 8.87. The average molecular weight is 605 g/mol. The second-order valence-corrected chi connectivity index (χ2v) is 13.2. The molecule has 0 N–H and O–H groups in total. The molecule has 0 atom stereocenters. The maximum Gasteiger partial charge on any atom is 0.145 e. The molecule has 0 radical (unpaired) electrons. The molecule has 0 unspecified atom stereocenters. The van der Waals surface area contributed by atoms with Crippen molar-refractivity contribution >= 4 is 97.1 Å². The van der Waals surface area contributed by atoms with Crippen molar-refractivity contribution in [1.82, 2.24) is 9.13 Å². The van der Waals surface area contributed by atoms with Crippen LogP contribution < -0.4 is 0 Å². The van der Waals surface area contributed by atoms with Gasteiger partial charge < -0.3 is 13.6 Å². The lowest BCUT2D eigenvalue weighted by Crippen LogP contribution is -1.96. The number of thiophene rings is 1. The molecular formula is C42H24N2OS. The highest BCUT2D eigenvalue weighted by Crippen LogP contribution is 2.43. The first-order valence-corrected chi connectivity index (χ1v) is 16.4. The molecule has 0 saturated heterocycles. The van der Waals surface area contributed by atoms with E-state index in [0.717, 1.165) is 44.2 Å². The summed E-state index contributed by atoms with van der Waals surface area (Å²) in [7, 11) is 0. The van der Waals surface area contributed by atoms with Gasteiger partial charge in [-0.3, -0.25) is 0 Å². The van der Waals surface area contributed by atoms with E-state index in [4.69, 9.17) is 4.42 Å². The van der Waals surface area contributed by atoms with E-state index in [2.05, 4.69) is 149 Å². The first kappa shape index (κ1) is 24.5. The summed E-state index contributed by atoms with van der Waals surface area (Å²) >= 11 is 1.87. The first-order chi connectivity index (χ1) is 22.8.